The number of benzene rings is 1. The number of hydrogen-bond donors (Lipinski definition) is 2. The lowest BCUT2D eigenvalue weighted by molar-refractivity contribution is -0.143. The molecular weight excluding hydrogens is 270 g/mol. The summed E-state index contributed by atoms with van der Waals surface area (Å²) < 4.78 is 5.29. The van der Waals surface area contributed by atoms with Crippen molar-refractivity contribution in [3.05, 3.63) is 35.9 Å². The fourth-order valence-corrected chi connectivity index (χ4v) is 2.04. The molecule has 1 amide bonds. The Bertz CT molecular complexity index is 498. The molecule has 0 heterocycles. The molecule has 1 unspecified atom stereocenters. The number of carbonyl (C=O) groups excluding carboxylic acids is 1. The van der Waals surface area contributed by atoms with Crippen molar-refractivity contribution < 1.29 is 19.4 Å². The smallest absolute Gasteiger partial charge is 0.315 e. The first-order valence-corrected chi connectivity index (χ1v) is 7.16. The van der Waals surface area contributed by atoms with Crippen molar-refractivity contribution in [1.29, 1.82) is 0 Å². The van der Waals surface area contributed by atoms with Gasteiger partial charge < -0.3 is 15.2 Å². The van der Waals surface area contributed by atoms with Crippen LogP contribution in [0.4, 0.5) is 0 Å². The predicted octanol–water partition coefficient (Wildman–Crippen LogP) is 1.57. The first-order chi connectivity index (χ1) is 10.0. The molecule has 1 aromatic carbocycles. The molecule has 2 rings (SSSR count). The van der Waals surface area contributed by atoms with Gasteiger partial charge in [0.15, 0.2) is 0 Å². The van der Waals surface area contributed by atoms with Gasteiger partial charge in [-0.05, 0) is 31.2 Å². The van der Waals surface area contributed by atoms with Gasteiger partial charge in [-0.15, -0.1) is 0 Å². The molecule has 2 N–H and O–H groups in total. The maximum Gasteiger partial charge on any atom is 0.315 e. The minimum Gasteiger partial charge on any atom is -0.481 e. The molecule has 5 heteroatoms. The summed E-state index contributed by atoms with van der Waals surface area (Å²) in [6, 6.07) is 8.91. The number of carbonyl (C=O) groups is 2. The van der Waals surface area contributed by atoms with E-state index in [1.54, 1.807) is 31.2 Å². The van der Waals surface area contributed by atoms with Crippen LogP contribution in [0.5, 0.6) is 0 Å². The van der Waals surface area contributed by atoms with E-state index in [4.69, 9.17) is 4.74 Å². The molecule has 1 saturated carbocycles. The third-order valence-corrected chi connectivity index (χ3v) is 3.81. The van der Waals surface area contributed by atoms with Crippen molar-refractivity contribution in [2.24, 2.45) is 5.92 Å². The van der Waals surface area contributed by atoms with Gasteiger partial charge in [0.05, 0.1) is 6.61 Å². The van der Waals surface area contributed by atoms with Gasteiger partial charge in [-0.25, -0.2) is 0 Å². The van der Waals surface area contributed by atoms with Crippen molar-refractivity contribution in [2.45, 2.75) is 25.2 Å². The fraction of sp³-hybridized carbons (Fsp3) is 0.500. The Hall–Kier alpha value is -1.88. The second-order valence-corrected chi connectivity index (χ2v) is 5.74. The fourth-order valence-electron chi connectivity index (χ4n) is 2.04. The molecule has 1 fully saturated rings. The molecule has 0 aromatic heterocycles. The average Bonchev–Trinajstić information content (AvgIpc) is 3.29. The van der Waals surface area contributed by atoms with Crippen LogP contribution in [0.3, 0.4) is 0 Å². The Kier molecular flexibility index (Phi) is 4.96. The van der Waals surface area contributed by atoms with Crippen LogP contribution in [0.2, 0.25) is 0 Å². The lowest BCUT2D eigenvalue weighted by Gasteiger charge is -2.25. The molecule has 21 heavy (non-hydrogen) atoms. The van der Waals surface area contributed by atoms with E-state index >= 15 is 0 Å². The van der Waals surface area contributed by atoms with Crippen LogP contribution in [0.1, 0.15) is 25.3 Å². The third kappa shape index (κ3) is 4.29. The van der Waals surface area contributed by atoms with Crippen LogP contribution in [-0.2, 0) is 19.7 Å². The summed E-state index contributed by atoms with van der Waals surface area (Å²) in [7, 11) is 0. The first kappa shape index (κ1) is 15.5. The number of amides is 1. The van der Waals surface area contributed by atoms with Crippen LogP contribution in [0.25, 0.3) is 0 Å². The van der Waals surface area contributed by atoms with E-state index in [1.165, 1.54) is 12.8 Å². The average molecular weight is 291 g/mol. The second-order valence-electron chi connectivity index (χ2n) is 5.74. The minimum absolute atomic E-state index is 0.0129. The Morgan fingerprint density at radius 3 is 2.57 bits per heavy atom. The number of nitrogens with one attached hydrogen (secondary N) is 1. The predicted molar refractivity (Wildman–Crippen MR) is 78.0 cm³/mol. The summed E-state index contributed by atoms with van der Waals surface area (Å²) in [6.45, 7) is 2.25. The number of ether oxygens (including phenoxy) is 1. The van der Waals surface area contributed by atoms with Gasteiger partial charge >= 0.3 is 5.97 Å². The highest BCUT2D eigenvalue weighted by atomic mass is 16.5. The molecule has 1 aliphatic carbocycles. The van der Waals surface area contributed by atoms with Crippen LogP contribution in [0.15, 0.2) is 30.3 Å². The zero-order valence-corrected chi connectivity index (χ0v) is 12.2. The van der Waals surface area contributed by atoms with Gasteiger partial charge in [-0.1, -0.05) is 30.3 Å². The normalized spacial score (nSPS) is 17.0. The Balaban J connectivity index is 1.87. The number of rotatable bonds is 8. The first-order valence-electron chi connectivity index (χ1n) is 7.16. The van der Waals surface area contributed by atoms with Crippen molar-refractivity contribution in [1.82, 2.24) is 5.32 Å². The molecule has 0 bridgehead atoms. The molecule has 1 atom stereocenters. The van der Waals surface area contributed by atoms with Crippen molar-refractivity contribution in [2.75, 3.05) is 19.8 Å². The largest absolute Gasteiger partial charge is 0.481 e. The molecule has 0 aliphatic heterocycles. The molecule has 114 valence electrons. The molecule has 1 aromatic rings. The Labute approximate surface area is 124 Å². The maximum atomic E-state index is 11.7. The molecule has 0 radical (unpaired) electrons. The number of hydrogen-bond acceptors (Lipinski definition) is 3. The van der Waals surface area contributed by atoms with Crippen LogP contribution < -0.4 is 5.32 Å². The van der Waals surface area contributed by atoms with Gasteiger partial charge in [0.2, 0.25) is 5.91 Å². The lowest BCUT2D eigenvalue weighted by Crippen LogP contribution is -2.45. The highest BCUT2D eigenvalue weighted by molar-refractivity contribution is 5.83. The zero-order chi connectivity index (χ0) is 15.3. The Morgan fingerprint density at radius 2 is 2.00 bits per heavy atom. The molecule has 0 spiro atoms. The van der Waals surface area contributed by atoms with Crippen LogP contribution in [0, 0.1) is 5.92 Å². The summed E-state index contributed by atoms with van der Waals surface area (Å²) in [6.07, 6.45) is 2.35. The van der Waals surface area contributed by atoms with Crippen molar-refractivity contribution >= 4 is 11.9 Å². The van der Waals surface area contributed by atoms with Gasteiger partial charge in [-0.3, -0.25) is 9.59 Å². The minimum atomic E-state index is -1.15. The molecule has 5 nitrogen and oxygen atoms in total. The molecule has 1 aliphatic rings. The number of aliphatic carboxylic acids is 1. The van der Waals surface area contributed by atoms with Gasteiger partial charge in [-0.2, -0.15) is 0 Å². The number of carboxylic acid groups (broad SMARTS) is 1. The monoisotopic (exact) mass is 291 g/mol. The van der Waals surface area contributed by atoms with Gasteiger partial charge in [0, 0.05) is 6.54 Å². The highest BCUT2D eigenvalue weighted by Gasteiger charge is 2.35. The van der Waals surface area contributed by atoms with Crippen molar-refractivity contribution in [3.8, 4) is 0 Å². The van der Waals surface area contributed by atoms with E-state index in [9.17, 15) is 14.7 Å². The maximum absolute atomic E-state index is 11.7. The summed E-state index contributed by atoms with van der Waals surface area (Å²) in [5.41, 5.74) is -0.482. The molecular formula is C16H21NO4. The van der Waals surface area contributed by atoms with Gasteiger partial charge in [0.25, 0.3) is 0 Å². The van der Waals surface area contributed by atoms with E-state index < -0.39 is 11.4 Å². The second kappa shape index (κ2) is 6.72. The van der Waals surface area contributed by atoms with E-state index in [-0.39, 0.29) is 19.1 Å². The summed E-state index contributed by atoms with van der Waals surface area (Å²) in [5.74, 6) is -0.640. The summed E-state index contributed by atoms with van der Waals surface area (Å²) in [5, 5.41) is 12.1. The lowest BCUT2D eigenvalue weighted by atomic mass is 9.82. The summed E-state index contributed by atoms with van der Waals surface area (Å²) in [4.78, 5) is 23.3. The van der Waals surface area contributed by atoms with Crippen LogP contribution in [-0.4, -0.2) is 36.7 Å². The topological polar surface area (TPSA) is 75.6 Å². The zero-order valence-electron chi connectivity index (χ0n) is 12.2. The van der Waals surface area contributed by atoms with E-state index in [2.05, 4.69) is 5.32 Å². The SMILES string of the molecule is CC(CNC(=O)COCC1CC1)(C(=O)O)c1ccccc1. The van der Waals surface area contributed by atoms with E-state index in [0.29, 0.717) is 18.1 Å². The van der Waals surface area contributed by atoms with Gasteiger partial charge in [0.1, 0.15) is 12.0 Å². The Morgan fingerprint density at radius 1 is 1.33 bits per heavy atom. The van der Waals surface area contributed by atoms with Crippen LogP contribution >= 0.6 is 0 Å². The summed E-state index contributed by atoms with van der Waals surface area (Å²) >= 11 is 0. The molecule has 0 saturated heterocycles. The number of carboxylic acids is 1. The van der Waals surface area contributed by atoms with E-state index in [0.717, 1.165) is 0 Å². The standard InChI is InChI=1S/C16H21NO4/c1-16(15(19)20,13-5-3-2-4-6-13)11-17-14(18)10-21-9-12-7-8-12/h2-6,12H,7-11H2,1H3,(H,17,18)(H,19,20). The highest BCUT2D eigenvalue weighted by Crippen LogP contribution is 2.28. The third-order valence-electron chi connectivity index (χ3n) is 3.81. The van der Waals surface area contributed by atoms with Crippen molar-refractivity contribution in [3.63, 3.8) is 0 Å². The van der Waals surface area contributed by atoms with E-state index in [1.807, 2.05) is 6.07 Å². The quantitative estimate of drug-likeness (QED) is 0.762.